The summed E-state index contributed by atoms with van der Waals surface area (Å²) in [5.74, 6) is 5.22. The highest BCUT2D eigenvalue weighted by molar-refractivity contribution is 5.66. The first-order valence-electron chi connectivity index (χ1n) is 13.9. The van der Waals surface area contributed by atoms with Gasteiger partial charge in [0, 0.05) is 6.92 Å². The smallest absolute Gasteiger partial charge is 0.303 e. The molecule has 4 aliphatic carbocycles. The summed E-state index contributed by atoms with van der Waals surface area (Å²) in [4.78, 5) is 11.6. The van der Waals surface area contributed by atoms with Crippen molar-refractivity contribution in [1.82, 2.24) is 0 Å². The molecule has 0 aliphatic heterocycles. The van der Waals surface area contributed by atoms with Crippen LogP contribution in [0.3, 0.4) is 0 Å². The predicted octanol–water partition coefficient (Wildman–Crippen LogP) is 8.35. The molecule has 0 unspecified atom stereocenters. The zero-order chi connectivity index (χ0) is 23.3. The Labute approximate surface area is 198 Å². The summed E-state index contributed by atoms with van der Waals surface area (Å²) in [7, 11) is 0. The van der Waals surface area contributed by atoms with Crippen molar-refractivity contribution in [2.24, 2.45) is 46.3 Å². The fraction of sp³-hybridized carbons (Fsp3) is 0.900. The van der Waals surface area contributed by atoms with E-state index in [2.05, 4.69) is 41.5 Å². The normalized spacial score (nSPS) is 42.3. The van der Waals surface area contributed by atoms with Crippen LogP contribution in [-0.2, 0) is 9.53 Å². The average Bonchev–Trinajstić information content (AvgIpc) is 3.07. The molecule has 0 aromatic rings. The molecule has 0 saturated heterocycles. The third-order valence-electron chi connectivity index (χ3n) is 11.1. The molecule has 182 valence electrons. The number of hydrogen-bond acceptors (Lipinski definition) is 2. The van der Waals surface area contributed by atoms with E-state index in [1.165, 1.54) is 69.8 Å². The quantitative estimate of drug-likeness (QED) is 0.305. The molecule has 0 spiro atoms. The summed E-state index contributed by atoms with van der Waals surface area (Å²) in [6.07, 6.45) is 14.9. The second-order valence-electron chi connectivity index (χ2n) is 13.2. The molecule has 32 heavy (non-hydrogen) atoms. The van der Waals surface area contributed by atoms with Crippen molar-refractivity contribution >= 4 is 5.97 Å². The second-order valence-corrected chi connectivity index (χ2v) is 13.2. The minimum Gasteiger partial charge on any atom is -0.458 e. The van der Waals surface area contributed by atoms with Crippen LogP contribution in [-0.4, -0.2) is 12.1 Å². The van der Waals surface area contributed by atoms with Gasteiger partial charge in [0.2, 0.25) is 0 Å². The molecule has 0 radical (unpaired) electrons. The van der Waals surface area contributed by atoms with E-state index < -0.39 is 0 Å². The van der Waals surface area contributed by atoms with Crippen LogP contribution in [0.1, 0.15) is 119 Å². The highest BCUT2D eigenvalue weighted by atomic mass is 16.5. The van der Waals surface area contributed by atoms with Gasteiger partial charge < -0.3 is 4.74 Å². The van der Waals surface area contributed by atoms with Crippen LogP contribution >= 0.6 is 0 Å². The topological polar surface area (TPSA) is 26.3 Å². The maximum Gasteiger partial charge on any atom is 0.303 e. The van der Waals surface area contributed by atoms with Crippen LogP contribution in [0.15, 0.2) is 11.1 Å². The van der Waals surface area contributed by atoms with Crippen molar-refractivity contribution in [3.8, 4) is 0 Å². The molecule has 4 rings (SSSR count). The summed E-state index contributed by atoms with van der Waals surface area (Å²) < 4.78 is 5.71. The van der Waals surface area contributed by atoms with Crippen molar-refractivity contribution in [3.05, 3.63) is 11.1 Å². The number of fused-ring (bicyclic) bond motifs is 5. The Bertz CT molecular complexity index is 735. The molecular weight excluding hydrogens is 392 g/mol. The Hall–Kier alpha value is -0.790. The molecule has 0 N–H and O–H groups in total. The molecule has 2 heteroatoms. The zero-order valence-corrected chi connectivity index (χ0v) is 22.1. The van der Waals surface area contributed by atoms with Crippen LogP contribution in [0.25, 0.3) is 0 Å². The Morgan fingerprint density at radius 3 is 2.44 bits per heavy atom. The lowest BCUT2D eigenvalue weighted by Gasteiger charge is -2.59. The number of carbonyl (C=O) groups excluding carboxylic acids is 1. The van der Waals surface area contributed by atoms with Crippen LogP contribution in [0, 0.1) is 46.3 Å². The first kappa shape index (κ1) is 24.3. The average molecular weight is 443 g/mol. The van der Waals surface area contributed by atoms with E-state index in [1.807, 2.05) is 0 Å². The summed E-state index contributed by atoms with van der Waals surface area (Å²) in [5, 5.41) is 0. The van der Waals surface area contributed by atoms with E-state index in [-0.39, 0.29) is 12.1 Å². The van der Waals surface area contributed by atoms with E-state index in [0.29, 0.717) is 10.8 Å². The van der Waals surface area contributed by atoms with Crippen molar-refractivity contribution < 1.29 is 9.53 Å². The minimum atomic E-state index is -0.125. The number of carbonyl (C=O) groups is 1. The lowest BCUT2D eigenvalue weighted by atomic mass is 9.46. The second kappa shape index (κ2) is 9.10. The van der Waals surface area contributed by atoms with Gasteiger partial charge >= 0.3 is 5.97 Å². The first-order chi connectivity index (χ1) is 15.1. The molecule has 3 saturated carbocycles. The van der Waals surface area contributed by atoms with Crippen molar-refractivity contribution in [1.29, 1.82) is 0 Å². The third-order valence-corrected chi connectivity index (χ3v) is 11.1. The van der Waals surface area contributed by atoms with Gasteiger partial charge in [-0.1, -0.05) is 59.5 Å². The summed E-state index contributed by atoms with van der Waals surface area (Å²) >= 11 is 0. The fourth-order valence-corrected chi connectivity index (χ4v) is 9.50. The van der Waals surface area contributed by atoms with E-state index in [4.69, 9.17) is 4.74 Å². The largest absolute Gasteiger partial charge is 0.458 e. The maximum absolute atomic E-state index is 11.6. The molecule has 0 aromatic carbocycles. The number of esters is 1. The molecule has 2 nitrogen and oxygen atoms in total. The van der Waals surface area contributed by atoms with Gasteiger partial charge in [-0.2, -0.15) is 0 Å². The molecule has 0 amide bonds. The van der Waals surface area contributed by atoms with E-state index in [9.17, 15) is 4.79 Å². The molecule has 0 bridgehead atoms. The highest BCUT2D eigenvalue weighted by Gasteiger charge is 2.59. The summed E-state index contributed by atoms with van der Waals surface area (Å²) in [6.45, 7) is 16.4. The summed E-state index contributed by atoms with van der Waals surface area (Å²) in [6, 6.07) is 0. The Balaban J connectivity index is 1.50. The molecular formula is C30H50O2. The van der Waals surface area contributed by atoms with Gasteiger partial charge in [0.15, 0.2) is 0 Å². The van der Waals surface area contributed by atoms with Crippen LogP contribution in [0.5, 0.6) is 0 Å². The highest BCUT2D eigenvalue weighted by Crippen LogP contribution is 2.68. The van der Waals surface area contributed by atoms with E-state index in [0.717, 1.165) is 41.9 Å². The van der Waals surface area contributed by atoms with Crippen LogP contribution < -0.4 is 0 Å². The number of rotatable bonds is 6. The van der Waals surface area contributed by atoms with Crippen molar-refractivity contribution in [3.63, 3.8) is 0 Å². The molecule has 4 aliphatic rings. The first-order valence-corrected chi connectivity index (χ1v) is 13.9. The predicted molar refractivity (Wildman–Crippen MR) is 133 cm³/mol. The van der Waals surface area contributed by atoms with Gasteiger partial charge in [-0.15, -0.1) is 0 Å². The monoisotopic (exact) mass is 442 g/mol. The van der Waals surface area contributed by atoms with E-state index >= 15 is 0 Å². The van der Waals surface area contributed by atoms with Gasteiger partial charge in [0.05, 0.1) is 0 Å². The zero-order valence-electron chi connectivity index (χ0n) is 22.1. The Morgan fingerprint density at radius 1 is 1.00 bits per heavy atom. The van der Waals surface area contributed by atoms with Crippen molar-refractivity contribution in [2.75, 3.05) is 0 Å². The van der Waals surface area contributed by atoms with Crippen molar-refractivity contribution in [2.45, 2.75) is 125 Å². The lowest BCUT2D eigenvalue weighted by molar-refractivity contribution is -0.146. The number of hydrogen-bond donors (Lipinski definition) is 0. The van der Waals surface area contributed by atoms with E-state index in [1.54, 1.807) is 12.5 Å². The minimum absolute atomic E-state index is 0.0310. The van der Waals surface area contributed by atoms with Gasteiger partial charge in [-0.3, -0.25) is 4.79 Å². The molecule has 0 aromatic heterocycles. The molecule has 0 heterocycles. The SMILES string of the molecule is CC(=O)O[C@@H]1CC[C@@]2(C)C(=C1C)CC[C@H]1[C@@H]3CC[C@H]([C@H](C)CCCC(C)C)[C@@]3(C)CC[C@@H]12. The standard InChI is InChI=1S/C30H50O2/c1-19(2)9-8-10-20(3)24-13-14-26-23-11-12-25-21(4)28(32-22(5)31)16-18-30(25,7)27(23)15-17-29(24,26)6/h19-20,23-24,26-28H,8-18H2,1-7H3/t20-,23+,24-,26+,27+,28-,29-,30+/m1/s1. The van der Waals surface area contributed by atoms with Crippen LogP contribution in [0.4, 0.5) is 0 Å². The maximum atomic E-state index is 11.6. The van der Waals surface area contributed by atoms with Crippen LogP contribution in [0.2, 0.25) is 0 Å². The third kappa shape index (κ3) is 4.11. The summed E-state index contributed by atoms with van der Waals surface area (Å²) in [5.41, 5.74) is 3.96. The van der Waals surface area contributed by atoms with Gasteiger partial charge in [-0.25, -0.2) is 0 Å². The van der Waals surface area contributed by atoms with Gasteiger partial charge in [0.1, 0.15) is 6.10 Å². The number of ether oxygens (including phenoxy) is 1. The van der Waals surface area contributed by atoms with Gasteiger partial charge in [0.25, 0.3) is 0 Å². The van der Waals surface area contributed by atoms with Gasteiger partial charge in [-0.05, 0) is 110 Å². The number of allylic oxidation sites excluding steroid dienone is 1. The lowest BCUT2D eigenvalue weighted by Crippen LogP contribution is -2.51. The molecule has 3 fully saturated rings. The Morgan fingerprint density at radius 2 is 1.75 bits per heavy atom. The fourth-order valence-electron chi connectivity index (χ4n) is 9.50. The Kier molecular flexibility index (Phi) is 6.92. The molecule has 8 atom stereocenters.